The molecule has 110 valence electrons. The Morgan fingerprint density at radius 3 is 2.40 bits per heavy atom. The molecule has 0 aromatic heterocycles. The maximum absolute atomic E-state index is 2.78. The number of nitrogens with zero attached hydrogens (tertiary/aromatic N) is 1. The summed E-state index contributed by atoms with van der Waals surface area (Å²) in [5.41, 5.74) is 3.37. The zero-order valence-electron chi connectivity index (χ0n) is 12.3. The summed E-state index contributed by atoms with van der Waals surface area (Å²) in [6.07, 6.45) is 10.1. The first-order valence-corrected chi connectivity index (χ1v) is 8.26. The first-order valence-electron chi connectivity index (χ1n) is 8.26. The number of rotatable bonds is 1. The summed E-state index contributed by atoms with van der Waals surface area (Å²) in [4.78, 5) is 2.78. The minimum atomic E-state index is 0. The van der Waals surface area contributed by atoms with Gasteiger partial charge in [0.15, 0.2) is 0 Å². The second kappa shape index (κ2) is 6.19. The lowest BCUT2D eigenvalue weighted by Crippen LogP contribution is -2.37. The van der Waals surface area contributed by atoms with Crippen LogP contribution in [-0.4, -0.2) is 18.0 Å². The summed E-state index contributed by atoms with van der Waals surface area (Å²) in [7, 11) is 0. The quantitative estimate of drug-likeness (QED) is 0.691. The van der Waals surface area contributed by atoms with Crippen LogP contribution in [0.3, 0.4) is 0 Å². The molecule has 4 rings (SSSR count). The van der Waals surface area contributed by atoms with Crippen molar-refractivity contribution in [2.45, 2.75) is 56.9 Å². The van der Waals surface area contributed by atoms with Crippen molar-refractivity contribution in [2.75, 3.05) is 13.1 Å². The molecule has 2 heteroatoms. The molecule has 2 aliphatic heterocycles. The standard InChI is InChI=1S/C18H25N.BrH/c1-2-7-14(8-3-1)17-13-19-12-6-11-18(19)16-10-5-4-9-15(16)17;/h4-5,9-10,14,17-18H,1-3,6-8,11-13H2;1H/t17-,18+;/m1./s1. The first kappa shape index (κ1) is 14.6. The predicted octanol–water partition coefficient (Wildman–Crippen LogP) is 5.08. The van der Waals surface area contributed by atoms with Crippen LogP contribution in [0.1, 0.15) is 68.0 Å². The highest BCUT2D eigenvalue weighted by Crippen LogP contribution is 2.46. The summed E-state index contributed by atoms with van der Waals surface area (Å²) in [5.74, 6) is 1.78. The van der Waals surface area contributed by atoms with Gasteiger partial charge >= 0.3 is 0 Å². The van der Waals surface area contributed by atoms with Gasteiger partial charge in [0.1, 0.15) is 0 Å². The van der Waals surface area contributed by atoms with E-state index in [1.54, 1.807) is 11.1 Å². The van der Waals surface area contributed by atoms with E-state index in [4.69, 9.17) is 0 Å². The van der Waals surface area contributed by atoms with Gasteiger partial charge in [-0.3, -0.25) is 4.90 Å². The van der Waals surface area contributed by atoms with Crippen molar-refractivity contribution in [1.82, 2.24) is 4.90 Å². The summed E-state index contributed by atoms with van der Waals surface area (Å²) in [5, 5.41) is 0. The normalized spacial score (nSPS) is 30.4. The highest BCUT2D eigenvalue weighted by Gasteiger charge is 2.38. The Balaban J connectivity index is 0.00000121. The van der Waals surface area contributed by atoms with Crippen molar-refractivity contribution >= 4 is 17.0 Å². The second-order valence-corrected chi connectivity index (χ2v) is 6.79. The molecule has 0 N–H and O–H groups in total. The van der Waals surface area contributed by atoms with Gasteiger partial charge < -0.3 is 0 Å². The summed E-state index contributed by atoms with van der Waals surface area (Å²) >= 11 is 0. The van der Waals surface area contributed by atoms with Crippen LogP contribution in [0.15, 0.2) is 24.3 Å². The van der Waals surface area contributed by atoms with Gasteiger partial charge in [0.05, 0.1) is 0 Å². The van der Waals surface area contributed by atoms with Gasteiger partial charge in [-0.2, -0.15) is 0 Å². The molecule has 1 aliphatic carbocycles. The third-order valence-electron chi connectivity index (χ3n) is 5.77. The minimum absolute atomic E-state index is 0. The van der Waals surface area contributed by atoms with E-state index >= 15 is 0 Å². The molecule has 20 heavy (non-hydrogen) atoms. The molecule has 2 fully saturated rings. The number of hydrogen-bond acceptors (Lipinski definition) is 1. The molecule has 0 bridgehead atoms. The zero-order chi connectivity index (χ0) is 12.7. The van der Waals surface area contributed by atoms with Gasteiger partial charge in [-0.15, -0.1) is 17.0 Å². The van der Waals surface area contributed by atoms with E-state index in [9.17, 15) is 0 Å². The van der Waals surface area contributed by atoms with Gasteiger partial charge in [0.25, 0.3) is 0 Å². The van der Waals surface area contributed by atoms with E-state index in [0.29, 0.717) is 0 Å². The Bertz CT molecular complexity index is 452. The van der Waals surface area contributed by atoms with Crippen molar-refractivity contribution < 1.29 is 0 Å². The van der Waals surface area contributed by atoms with Gasteiger partial charge in [-0.25, -0.2) is 0 Å². The Morgan fingerprint density at radius 2 is 1.60 bits per heavy atom. The van der Waals surface area contributed by atoms with E-state index in [-0.39, 0.29) is 17.0 Å². The number of halogens is 1. The third kappa shape index (κ3) is 2.46. The summed E-state index contributed by atoms with van der Waals surface area (Å²) in [6.45, 7) is 2.68. The molecular formula is C18H26BrN. The van der Waals surface area contributed by atoms with Crippen molar-refractivity contribution in [2.24, 2.45) is 5.92 Å². The van der Waals surface area contributed by atoms with Crippen LogP contribution in [0.25, 0.3) is 0 Å². The number of fused-ring (bicyclic) bond motifs is 3. The maximum Gasteiger partial charge on any atom is 0.0351 e. The smallest absolute Gasteiger partial charge is 0.0351 e. The third-order valence-corrected chi connectivity index (χ3v) is 5.77. The van der Waals surface area contributed by atoms with Crippen LogP contribution < -0.4 is 0 Å². The molecule has 1 saturated heterocycles. The SMILES string of the molecule is Br.c1ccc2c(c1)[C@@H](C1CCCCC1)CN1CCC[C@@H]21. The fourth-order valence-electron chi connectivity index (χ4n) is 4.84. The molecule has 1 aromatic rings. The largest absolute Gasteiger partial charge is 0.296 e. The van der Waals surface area contributed by atoms with Crippen molar-refractivity contribution in [3.8, 4) is 0 Å². The van der Waals surface area contributed by atoms with Gasteiger partial charge in [0.2, 0.25) is 0 Å². The molecule has 3 aliphatic rings. The molecule has 0 amide bonds. The first-order chi connectivity index (χ1) is 9.43. The molecule has 1 aromatic carbocycles. The molecular weight excluding hydrogens is 310 g/mol. The van der Waals surface area contributed by atoms with Crippen LogP contribution in [0.4, 0.5) is 0 Å². The molecule has 2 atom stereocenters. The predicted molar refractivity (Wildman–Crippen MR) is 89.6 cm³/mol. The second-order valence-electron chi connectivity index (χ2n) is 6.79. The van der Waals surface area contributed by atoms with Crippen LogP contribution in [-0.2, 0) is 0 Å². The average Bonchev–Trinajstić information content (AvgIpc) is 2.96. The van der Waals surface area contributed by atoms with E-state index in [2.05, 4.69) is 29.2 Å². The van der Waals surface area contributed by atoms with E-state index < -0.39 is 0 Å². The van der Waals surface area contributed by atoms with E-state index in [0.717, 1.165) is 17.9 Å². The Hall–Kier alpha value is -0.340. The highest BCUT2D eigenvalue weighted by molar-refractivity contribution is 8.93. The number of hydrogen-bond donors (Lipinski definition) is 0. The Labute approximate surface area is 133 Å². The van der Waals surface area contributed by atoms with Crippen molar-refractivity contribution in [3.05, 3.63) is 35.4 Å². The molecule has 2 heterocycles. The van der Waals surface area contributed by atoms with Gasteiger partial charge in [0, 0.05) is 12.6 Å². The van der Waals surface area contributed by atoms with Crippen molar-refractivity contribution in [3.63, 3.8) is 0 Å². The summed E-state index contributed by atoms with van der Waals surface area (Å²) < 4.78 is 0. The van der Waals surface area contributed by atoms with Crippen LogP contribution in [0, 0.1) is 5.92 Å². The van der Waals surface area contributed by atoms with E-state index in [1.165, 1.54) is 58.0 Å². The molecule has 0 spiro atoms. The Kier molecular flexibility index (Phi) is 4.52. The summed E-state index contributed by atoms with van der Waals surface area (Å²) in [6, 6.07) is 10.1. The zero-order valence-corrected chi connectivity index (χ0v) is 14.0. The van der Waals surface area contributed by atoms with E-state index in [1.807, 2.05) is 0 Å². The molecule has 1 saturated carbocycles. The van der Waals surface area contributed by atoms with Gasteiger partial charge in [-0.05, 0) is 55.2 Å². The maximum atomic E-state index is 2.78. The number of benzene rings is 1. The lowest BCUT2D eigenvalue weighted by molar-refractivity contribution is 0.173. The van der Waals surface area contributed by atoms with Gasteiger partial charge in [-0.1, -0.05) is 43.5 Å². The van der Waals surface area contributed by atoms with Crippen molar-refractivity contribution in [1.29, 1.82) is 0 Å². The topological polar surface area (TPSA) is 3.24 Å². The van der Waals surface area contributed by atoms with Crippen LogP contribution >= 0.6 is 17.0 Å². The highest BCUT2D eigenvalue weighted by atomic mass is 79.9. The monoisotopic (exact) mass is 335 g/mol. The fraction of sp³-hybridized carbons (Fsp3) is 0.667. The molecule has 0 unspecified atom stereocenters. The average molecular weight is 336 g/mol. The fourth-order valence-corrected chi connectivity index (χ4v) is 4.84. The van der Waals surface area contributed by atoms with Crippen LogP contribution in [0.2, 0.25) is 0 Å². The lowest BCUT2D eigenvalue weighted by atomic mass is 9.73. The Morgan fingerprint density at radius 1 is 0.850 bits per heavy atom. The molecule has 0 radical (unpaired) electrons. The van der Waals surface area contributed by atoms with Crippen LogP contribution in [0.5, 0.6) is 0 Å². The minimum Gasteiger partial charge on any atom is -0.296 e. The lowest BCUT2D eigenvalue weighted by Gasteiger charge is -2.41. The molecule has 1 nitrogen and oxygen atoms in total.